The second-order valence-electron chi connectivity index (χ2n) is 4.26. The van der Waals surface area contributed by atoms with Gasteiger partial charge in [-0.15, -0.1) is 0 Å². The molecule has 1 aromatic carbocycles. The van der Waals surface area contributed by atoms with Crippen molar-refractivity contribution in [1.29, 1.82) is 0 Å². The van der Waals surface area contributed by atoms with Crippen LogP contribution in [0.3, 0.4) is 0 Å². The lowest BCUT2D eigenvalue weighted by Gasteiger charge is -2.10. The molecule has 3 N–H and O–H groups in total. The molecule has 0 aliphatic carbocycles. The van der Waals surface area contributed by atoms with Crippen molar-refractivity contribution in [2.45, 2.75) is 32.2 Å². The van der Waals surface area contributed by atoms with Crippen LogP contribution in [0.15, 0.2) is 18.2 Å². The Labute approximate surface area is 106 Å². The minimum absolute atomic E-state index is 0.0955. The number of halogens is 1. The standard InChI is InChI=1S/C13H19FN2O2/c1-9(15)4-3-5-13(17)16-11-7-6-10(14)8-12(11)18-2/h6-9H,3-5,15H2,1-2H3,(H,16,17). The van der Waals surface area contributed by atoms with Crippen molar-refractivity contribution in [2.24, 2.45) is 5.73 Å². The molecule has 0 aliphatic heterocycles. The molecule has 18 heavy (non-hydrogen) atoms. The van der Waals surface area contributed by atoms with Crippen molar-refractivity contribution in [2.75, 3.05) is 12.4 Å². The molecule has 0 aromatic heterocycles. The third-order valence-corrected chi connectivity index (χ3v) is 2.50. The van der Waals surface area contributed by atoms with Crippen LogP contribution < -0.4 is 15.8 Å². The maximum absolute atomic E-state index is 13.0. The zero-order valence-electron chi connectivity index (χ0n) is 10.7. The second kappa shape index (κ2) is 6.96. The van der Waals surface area contributed by atoms with Crippen molar-refractivity contribution < 1.29 is 13.9 Å². The molecular weight excluding hydrogens is 235 g/mol. The zero-order chi connectivity index (χ0) is 13.5. The number of rotatable bonds is 6. The number of carbonyl (C=O) groups excluding carboxylic acids is 1. The topological polar surface area (TPSA) is 64.3 Å². The Bertz CT molecular complexity index is 408. The molecule has 1 rings (SSSR count). The number of nitrogens with one attached hydrogen (secondary N) is 1. The number of anilines is 1. The summed E-state index contributed by atoms with van der Waals surface area (Å²) in [5.41, 5.74) is 6.08. The van der Waals surface area contributed by atoms with E-state index in [9.17, 15) is 9.18 Å². The van der Waals surface area contributed by atoms with Crippen LogP contribution in [0.1, 0.15) is 26.2 Å². The SMILES string of the molecule is COc1cc(F)ccc1NC(=O)CCCC(C)N. The van der Waals surface area contributed by atoms with E-state index in [1.165, 1.54) is 25.3 Å². The van der Waals surface area contributed by atoms with E-state index in [1.807, 2.05) is 6.92 Å². The summed E-state index contributed by atoms with van der Waals surface area (Å²) in [7, 11) is 1.43. The first kappa shape index (κ1) is 14.4. The van der Waals surface area contributed by atoms with Gasteiger partial charge in [-0.1, -0.05) is 0 Å². The summed E-state index contributed by atoms with van der Waals surface area (Å²) in [6.45, 7) is 1.90. The van der Waals surface area contributed by atoms with Gasteiger partial charge in [-0.05, 0) is 31.9 Å². The number of amides is 1. The average Bonchev–Trinajstić information content (AvgIpc) is 2.31. The highest BCUT2D eigenvalue weighted by atomic mass is 19.1. The predicted octanol–water partition coefficient (Wildman–Crippen LogP) is 2.29. The molecule has 0 fully saturated rings. The highest BCUT2D eigenvalue weighted by molar-refractivity contribution is 5.92. The largest absolute Gasteiger partial charge is 0.494 e. The van der Waals surface area contributed by atoms with Crippen LogP contribution in [0.2, 0.25) is 0 Å². The fraction of sp³-hybridized carbons (Fsp3) is 0.462. The Balaban J connectivity index is 2.53. The van der Waals surface area contributed by atoms with Crippen molar-refractivity contribution in [1.82, 2.24) is 0 Å². The number of hydrogen-bond acceptors (Lipinski definition) is 3. The van der Waals surface area contributed by atoms with Gasteiger partial charge in [-0.3, -0.25) is 4.79 Å². The number of benzene rings is 1. The van der Waals surface area contributed by atoms with Gasteiger partial charge < -0.3 is 15.8 Å². The molecule has 0 saturated carbocycles. The molecule has 100 valence electrons. The van der Waals surface area contributed by atoms with Gasteiger partial charge in [-0.25, -0.2) is 4.39 Å². The Hall–Kier alpha value is -1.62. The van der Waals surface area contributed by atoms with Crippen LogP contribution >= 0.6 is 0 Å². The van der Waals surface area contributed by atoms with Gasteiger partial charge in [0.25, 0.3) is 0 Å². The Morgan fingerprint density at radius 2 is 2.28 bits per heavy atom. The van der Waals surface area contributed by atoms with Crippen LogP contribution in [0.25, 0.3) is 0 Å². The summed E-state index contributed by atoms with van der Waals surface area (Å²) in [6, 6.07) is 4.09. The zero-order valence-corrected chi connectivity index (χ0v) is 10.7. The Morgan fingerprint density at radius 1 is 1.56 bits per heavy atom. The normalized spacial score (nSPS) is 12.0. The number of carbonyl (C=O) groups is 1. The number of hydrogen-bond donors (Lipinski definition) is 2. The molecule has 1 amide bonds. The molecule has 0 bridgehead atoms. The summed E-state index contributed by atoms with van der Waals surface area (Å²) in [6.07, 6.45) is 1.92. The minimum Gasteiger partial charge on any atom is -0.494 e. The molecule has 4 nitrogen and oxygen atoms in total. The molecule has 1 aromatic rings. The summed E-state index contributed by atoms with van der Waals surface area (Å²) < 4.78 is 18.0. The fourth-order valence-electron chi connectivity index (χ4n) is 1.57. The van der Waals surface area contributed by atoms with Crippen molar-refractivity contribution >= 4 is 11.6 Å². The van der Waals surface area contributed by atoms with Gasteiger partial charge in [0, 0.05) is 18.5 Å². The fourth-order valence-corrected chi connectivity index (χ4v) is 1.57. The third kappa shape index (κ3) is 4.71. The molecule has 5 heteroatoms. The highest BCUT2D eigenvalue weighted by Gasteiger charge is 2.08. The van der Waals surface area contributed by atoms with Crippen LogP contribution in [0.5, 0.6) is 5.75 Å². The quantitative estimate of drug-likeness (QED) is 0.818. The second-order valence-corrected chi connectivity index (χ2v) is 4.26. The van der Waals surface area contributed by atoms with E-state index in [4.69, 9.17) is 10.5 Å². The van der Waals surface area contributed by atoms with Gasteiger partial charge in [0.1, 0.15) is 11.6 Å². The van der Waals surface area contributed by atoms with Crippen molar-refractivity contribution in [3.05, 3.63) is 24.0 Å². The molecule has 0 saturated heterocycles. The first-order valence-electron chi connectivity index (χ1n) is 5.92. The van der Waals surface area contributed by atoms with E-state index in [-0.39, 0.29) is 11.9 Å². The van der Waals surface area contributed by atoms with Gasteiger partial charge in [0.2, 0.25) is 5.91 Å². The van der Waals surface area contributed by atoms with E-state index in [1.54, 1.807) is 0 Å². The first-order chi connectivity index (χ1) is 8.52. The third-order valence-electron chi connectivity index (χ3n) is 2.50. The van der Waals surface area contributed by atoms with Gasteiger partial charge in [0.05, 0.1) is 12.8 Å². The van der Waals surface area contributed by atoms with Crippen LogP contribution in [0, 0.1) is 5.82 Å². The summed E-state index contributed by atoms with van der Waals surface area (Å²) >= 11 is 0. The van der Waals surface area contributed by atoms with Gasteiger partial charge in [0.15, 0.2) is 0 Å². The molecule has 0 spiro atoms. The molecule has 0 aliphatic rings. The Morgan fingerprint density at radius 3 is 2.89 bits per heavy atom. The van der Waals surface area contributed by atoms with Crippen LogP contribution in [-0.2, 0) is 4.79 Å². The summed E-state index contributed by atoms with van der Waals surface area (Å²) in [5.74, 6) is -0.210. The lowest BCUT2D eigenvalue weighted by molar-refractivity contribution is -0.116. The van der Waals surface area contributed by atoms with Crippen LogP contribution in [-0.4, -0.2) is 19.1 Å². The smallest absolute Gasteiger partial charge is 0.224 e. The van der Waals surface area contributed by atoms with Crippen molar-refractivity contribution in [3.8, 4) is 5.75 Å². The van der Waals surface area contributed by atoms with Crippen molar-refractivity contribution in [3.63, 3.8) is 0 Å². The predicted molar refractivity (Wildman–Crippen MR) is 69.1 cm³/mol. The summed E-state index contributed by atoms with van der Waals surface area (Å²) in [5, 5.41) is 2.69. The average molecular weight is 254 g/mol. The lowest BCUT2D eigenvalue weighted by Crippen LogP contribution is -2.17. The van der Waals surface area contributed by atoms with E-state index in [2.05, 4.69) is 5.32 Å². The molecule has 0 heterocycles. The minimum atomic E-state index is -0.401. The maximum atomic E-state index is 13.0. The van der Waals surface area contributed by atoms with E-state index in [0.717, 1.165) is 12.8 Å². The van der Waals surface area contributed by atoms with E-state index >= 15 is 0 Å². The first-order valence-corrected chi connectivity index (χ1v) is 5.92. The Kier molecular flexibility index (Phi) is 5.58. The maximum Gasteiger partial charge on any atom is 0.224 e. The lowest BCUT2D eigenvalue weighted by atomic mass is 10.1. The monoisotopic (exact) mass is 254 g/mol. The number of methoxy groups -OCH3 is 1. The molecule has 0 radical (unpaired) electrons. The van der Waals surface area contributed by atoms with E-state index in [0.29, 0.717) is 17.9 Å². The number of ether oxygens (including phenoxy) is 1. The van der Waals surface area contributed by atoms with E-state index < -0.39 is 5.82 Å². The number of nitrogens with two attached hydrogens (primary N) is 1. The highest BCUT2D eigenvalue weighted by Crippen LogP contribution is 2.25. The van der Waals surface area contributed by atoms with Gasteiger partial charge >= 0.3 is 0 Å². The summed E-state index contributed by atoms with van der Waals surface area (Å²) in [4.78, 5) is 11.6. The molecule has 1 atom stereocenters. The van der Waals surface area contributed by atoms with Gasteiger partial charge in [-0.2, -0.15) is 0 Å². The molecule has 1 unspecified atom stereocenters. The molecular formula is C13H19FN2O2. The van der Waals surface area contributed by atoms with Crippen LogP contribution in [0.4, 0.5) is 10.1 Å².